The lowest BCUT2D eigenvalue weighted by molar-refractivity contribution is 0.322. The molecule has 4 nitrogen and oxygen atoms in total. The molecule has 0 unspecified atom stereocenters. The lowest BCUT2D eigenvalue weighted by Crippen LogP contribution is -2.27. The van der Waals surface area contributed by atoms with Gasteiger partial charge in [-0.3, -0.25) is 0 Å². The summed E-state index contributed by atoms with van der Waals surface area (Å²) < 4.78 is 27.9. The molecule has 2 rings (SSSR count). The summed E-state index contributed by atoms with van der Waals surface area (Å²) in [7, 11) is -1.34. The van der Waals surface area contributed by atoms with E-state index in [9.17, 15) is 8.42 Å². The normalized spacial score (nSPS) is 12.0. The van der Waals surface area contributed by atoms with Crippen molar-refractivity contribution in [1.29, 1.82) is 0 Å². The second kappa shape index (κ2) is 8.21. The quantitative estimate of drug-likeness (QED) is 0.688. The van der Waals surface area contributed by atoms with Crippen molar-refractivity contribution in [2.45, 2.75) is 17.2 Å². The zero-order chi connectivity index (χ0) is 16.0. The zero-order valence-corrected chi connectivity index (χ0v) is 15.5. The molecule has 1 aromatic heterocycles. The van der Waals surface area contributed by atoms with Crippen molar-refractivity contribution in [2.24, 2.45) is 0 Å². The molecule has 0 fully saturated rings. The molecule has 0 aliphatic carbocycles. The van der Waals surface area contributed by atoms with Gasteiger partial charge in [-0.2, -0.15) is 0 Å². The molecular weight excluding hydrogens is 384 g/mol. The van der Waals surface area contributed by atoms with Crippen LogP contribution in [0, 0.1) is 0 Å². The number of rotatable bonds is 8. The Balaban J connectivity index is 1.73. The molecule has 0 spiro atoms. The average Bonchev–Trinajstić information content (AvgIpc) is 2.92. The molecule has 1 heterocycles. The van der Waals surface area contributed by atoms with Crippen LogP contribution < -0.4 is 4.72 Å². The molecule has 0 radical (unpaired) electrons. The second-order valence-electron chi connectivity index (χ2n) is 5.03. The van der Waals surface area contributed by atoms with Gasteiger partial charge in [-0.05, 0) is 53.6 Å². The number of benzene rings is 1. The number of hydrogen-bond acceptors (Lipinski definition) is 4. The maximum atomic E-state index is 12.0. The standard InChI is InChI=1S/C15H19BrN2O2S2/c1-18(12-13-6-3-2-4-7-13)11-5-10-17-22(19,20)15-9-8-14(16)21-15/h2-4,6-9,17H,5,10-12H2,1H3. The van der Waals surface area contributed by atoms with E-state index in [1.165, 1.54) is 16.9 Å². The van der Waals surface area contributed by atoms with Gasteiger partial charge in [0.05, 0.1) is 3.79 Å². The van der Waals surface area contributed by atoms with Crippen LogP contribution in [-0.2, 0) is 16.6 Å². The van der Waals surface area contributed by atoms with Gasteiger partial charge >= 0.3 is 0 Å². The van der Waals surface area contributed by atoms with E-state index in [2.05, 4.69) is 37.7 Å². The number of sulfonamides is 1. The van der Waals surface area contributed by atoms with Crippen LogP contribution in [0.1, 0.15) is 12.0 Å². The van der Waals surface area contributed by atoms with E-state index in [0.717, 1.165) is 23.3 Å². The largest absolute Gasteiger partial charge is 0.302 e. The highest BCUT2D eigenvalue weighted by Crippen LogP contribution is 2.25. The van der Waals surface area contributed by atoms with Crippen molar-refractivity contribution in [3.05, 3.63) is 51.8 Å². The van der Waals surface area contributed by atoms with Crippen molar-refractivity contribution in [1.82, 2.24) is 9.62 Å². The Kier molecular flexibility index (Phi) is 6.58. The molecule has 1 N–H and O–H groups in total. The molecular formula is C15H19BrN2O2S2. The van der Waals surface area contributed by atoms with E-state index in [0.29, 0.717) is 10.8 Å². The van der Waals surface area contributed by atoms with Gasteiger partial charge in [0, 0.05) is 13.1 Å². The van der Waals surface area contributed by atoms with Crippen LogP contribution in [0.4, 0.5) is 0 Å². The van der Waals surface area contributed by atoms with Gasteiger partial charge < -0.3 is 4.90 Å². The Labute approximate surface area is 144 Å². The summed E-state index contributed by atoms with van der Waals surface area (Å²) >= 11 is 4.49. The maximum absolute atomic E-state index is 12.0. The van der Waals surface area contributed by atoms with Gasteiger partial charge in [0.25, 0.3) is 0 Å². The molecule has 2 aromatic rings. The van der Waals surface area contributed by atoms with Crippen molar-refractivity contribution >= 4 is 37.3 Å². The van der Waals surface area contributed by atoms with E-state index in [1.54, 1.807) is 12.1 Å². The monoisotopic (exact) mass is 402 g/mol. The SMILES string of the molecule is CN(CCCNS(=O)(=O)c1ccc(Br)s1)Cc1ccccc1. The maximum Gasteiger partial charge on any atom is 0.250 e. The van der Waals surface area contributed by atoms with Crippen molar-refractivity contribution < 1.29 is 8.42 Å². The van der Waals surface area contributed by atoms with Gasteiger partial charge in [-0.15, -0.1) is 11.3 Å². The van der Waals surface area contributed by atoms with E-state index in [1.807, 2.05) is 25.2 Å². The first kappa shape index (κ1) is 17.6. The number of halogens is 1. The highest BCUT2D eigenvalue weighted by Gasteiger charge is 2.15. The fraction of sp³-hybridized carbons (Fsp3) is 0.333. The average molecular weight is 403 g/mol. The molecule has 1 aromatic carbocycles. The van der Waals surface area contributed by atoms with Crippen LogP contribution in [0.15, 0.2) is 50.5 Å². The fourth-order valence-corrected chi connectivity index (χ4v) is 5.17. The van der Waals surface area contributed by atoms with Gasteiger partial charge in [0.1, 0.15) is 4.21 Å². The summed E-state index contributed by atoms with van der Waals surface area (Å²) in [5, 5.41) is 0. The van der Waals surface area contributed by atoms with E-state index < -0.39 is 10.0 Å². The topological polar surface area (TPSA) is 49.4 Å². The van der Waals surface area contributed by atoms with Crippen molar-refractivity contribution in [3.63, 3.8) is 0 Å². The molecule has 22 heavy (non-hydrogen) atoms. The Bertz CT molecular complexity index is 687. The Morgan fingerprint density at radius 1 is 1.18 bits per heavy atom. The summed E-state index contributed by atoms with van der Waals surface area (Å²) in [6, 6.07) is 13.6. The minimum Gasteiger partial charge on any atom is -0.302 e. The first-order valence-electron chi connectivity index (χ1n) is 6.95. The number of hydrogen-bond donors (Lipinski definition) is 1. The summed E-state index contributed by atoms with van der Waals surface area (Å²) in [6.45, 7) is 2.15. The number of nitrogens with one attached hydrogen (secondary N) is 1. The molecule has 7 heteroatoms. The van der Waals surface area contributed by atoms with Crippen LogP contribution in [0.5, 0.6) is 0 Å². The third kappa shape index (κ3) is 5.48. The third-order valence-corrected chi connectivity index (χ3v) is 6.69. The smallest absolute Gasteiger partial charge is 0.250 e. The molecule has 0 amide bonds. The molecule has 0 atom stereocenters. The molecule has 0 bridgehead atoms. The summed E-state index contributed by atoms with van der Waals surface area (Å²) in [5.74, 6) is 0. The summed E-state index contributed by atoms with van der Waals surface area (Å²) in [6.07, 6.45) is 0.773. The second-order valence-corrected chi connectivity index (χ2v) is 9.49. The van der Waals surface area contributed by atoms with Gasteiger partial charge in [0.15, 0.2) is 0 Å². The zero-order valence-electron chi connectivity index (χ0n) is 12.3. The first-order valence-corrected chi connectivity index (χ1v) is 10.0. The van der Waals surface area contributed by atoms with E-state index >= 15 is 0 Å². The third-order valence-electron chi connectivity index (χ3n) is 3.12. The Morgan fingerprint density at radius 3 is 2.55 bits per heavy atom. The fourth-order valence-electron chi connectivity index (χ4n) is 2.04. The van der Waals surface area contributed by atoms with Crippen LogP contribution in [0.2, 0.25) is 0 Å². The van der Waals surface area contributed by atoms with Gasteiger partial charge in [-0.1, -0.05) is 30.3 Å². The highest BCUT2D eigenvalue weighted by atomic mass is 79.9. The Morgan fingerprint density at radius 2 is 1.91 bits per heavy atom. The minimum absolute atomic E-state index is 0.344. The molecule has 0 aliphatic heterocycles. The van der Waals surface area contributed by atoms with Gasteiger partial charge in [0.2, 0.25) is 10.0 Å². The predicted octanol–water partition coefficient (Wildman–Crippen LogP) is 3.31. The molecule has 0 saturated carbocycles. The predicted molar refractivity (Wildman–Crippen MR) is 94.6 cm³/mol. The van der Waals surface area contributed by atoms with Crippen molar-refractivity contribution in [2.75, 3.05) is 20.1 Å². The van der Waals surface area contributed by atoms with Crippen molar-refractivity contribution in [3.8, 4) is 0 Å². The number of thiophene rings is 1. The summed E-state index contributed by atoms with van der Waals surface area (Å²) in [5.41, 5.74) is 1.26. The van der Waals surface area contributed by atoms with Crippen LogP contribution in [0.25, 0.3) is 0 Å². The Hall–Kier alpha value is -0.730. The number of nitrogens with zero attached hydrogens (tertiary/aromatic N) is 1. The lowest BCUT2D eigenvalue weighted by atomic mass is 10.2. The van der Waals surface area contributed by atoms with Gasteiger partial charge in [-0.25, -0.2) is 13.1 Å². The van der Waals surface area contributed by atoms with Crippen LogP contribution >= 0.6 is 27.3 Å². The molecule has 0 saturated heterocycles. The molecule has 120 valence electrons. The van der Waals surface area contributed by atoms with E-state index in [4.69, 9.17) is 0 Å². The summed E-state index contributed by atoms with van der Waals surface area (Å²) in [4.78, 5) is 2.19. The van der Waals surface area contributed by atoms with E-state index in [-0.39, 0.29) is 0 Å². The van der Waals surface area contributed by atoms with Crippen LogP contribution in [0.3, 0.4) is 0 Å². The van der Waals surface area contributed by atoms with Crippen LogP contribution in [-0.4, -0.2) is 33.5 Å². The highest BCUT2D eigenvalue weighted by molar-refractivity contribution is 9.11. The molecule has 0 aliphatic rings. The first-order chi connectivity index (χ1) is 10.5. The minimum atomic E-state index is -3.38. The lowest BCUT2D eigenvalue weighted by Gasteiger charge is -2.16.